The third kappa shape index (κ3) is 2.12. The molecule has 1 N–H and O–H groups in total. The Morgan fingerprint density at radius 2 is 2.31 bits per heavy atom. The SMILES string of the molecule is COc1ccnc(C(F)(F)CO)c1. The predicted molar refractivity (Wildman–Crippen MR) is 41.8 cm³/mol. The molecule has 0 saturated carbocycles. The number of hydrogen-bond donors (Lipinski definition) is 1. The van der Waals surface area contributed by atoms with Crippen molar-refractivity contribution >= 4 is 0 Å². The molecule has 0 aromatic carbocycles. The van der Waals surface area contributed by atoms with Gasteiger partial charge in [-0.3, -0.25) is 4.98 Å². The topological polar surface area (TPSA) is 42.4 Å². The number of hydrogen-bond acceptors (Lipinski definition) is 3. The Balaban J connectivity index is 3.01. The molecule has 0 atom stereocenters. The molecule has 3 nitrogen and oxygen atoms in total. The van der Waals surface area contributed by atoms with Crippen molar-refractivity contribution in [2.45, 2.75) is 5.92 Å². The molecular formula is C8H9F2NO2. The van der Waals surface area contributed by atoms with Crippen LogP contribution in [0.3, 0.4) is 0 Å². The quantitative estimate of drug-likeness (QED) is 0.776. The average molecular weight is 189 g/mol. The van der Waals surface area contributed by atoms with E-state index < -0.39 is 18.2 Å². The van der Waals surface area contributed by atoms with E-state index >= 15 is 0 Å². The van der Waals surface area contributed by atoms with Crippen molar-refractivity contribution in [2.24, 2.45) is 0 Å². The summed E-state index contributed by atoms with van der Waals surface area (Å²) in [6.45, 7) is -1.26. The van der Waals surface area contributed by atoms with E-state index in [4.69, 9.17) is 9.84 Å². The molecule has 13 heavy (non-hydrogen) atoms. The van der Waals surface area contributed by atoms with E-state index in [1.165, 1.54) is 19.4 Å². The monoisotopic (exact) mass is 189 g/mol. The number of ether oxygens (including phenoxy) is 1. The Labute approximate surface area is 74.0 Å². The second-order valence-corrected chi connectivity index (χ2v) is 2.44. The first-order valence-electron chi connectivity index (χ1n) is 3.59. The summed E-state index contributed by atoms with van der Waals surface area (Å²) in [4.78, 5) is 3.44. The Morgan fingerprint density at radius 1 is 1.62 bits per heavy atom. The summed E-state index contributed by atoms with van der Waals surface area (Å²) in [5.74, 6) is -3.02. The first-order valence-corrected chi connectivity index (χ1v) is 3.59. The molecule has 72 valence electrons. The van der Waals surface area contributed by atoms with Gasteiger partial charge in [-0.1, -0.05) is 0 Å². The maximum absolute atomic E-state index is 12.8. The number of rotatable bonds is 3. The van der Waals surface area contributed by atoms with Crippen molar-refractivity contribution in [3.8, 4) is 5.75 Å². The van der Waals surface area contributed by atoms with Crippen LogP contribution in [-0.2, 0) is 5.92 Å². The minimum Gasteiger partial charge on any atom is -0.497 e. The number of alkyl halides is 2. The van der Waals surface area contributed by atoms with Crippen LogP contribution in [0.25, 0.3) is 0 Å². The molecule has 1 aromatic heterocycles. The largest absolute Gasteiger partial charge is 0.497 e. The number of halogens is 2. The second kappa shape index (κ2) is 3.66. The van der Waals surface area contributed by atoms with Gasteiger partial charge in [-0.15, -0.1) is 0 Å². The first-order chi connectivity index (χ1) is 6.10. The highest BCUT2D eigenvalue weighted by Gasteiger charge is 2.32. The molecule has 0 radical (unpaired) electrons. The van der Waals surface area contributed by atoms with Gasteiger partial charge in [0, 0.05) is 12.3 Å². The van der Waals surface area contributed by atoms with Gasteiger partial charge in [0.2, 0.25) is 0 Å². The normalized spacial score (nSPS) is 11.4. The lowest BCUT2D eigenvalue weighted by Gasteiger charge is -2.12. The molecule has 0 unspecified atom stereocenters. The van der Waals surface area contributed by atoms with Crippen LogP contribution in [0.1, 0.15) is 5.69 Å². The van der Waals surface area contributed by atoms with Crippen molar-refractivity contribution in [3.63, 3.8) is 0 Å². The maximum Gasteiger partial charge on any atom is 0.312 e. The van der Waals surface area contributed by atoms with E-state index in [1.807, 2.05) is 0 Å². The van der Waals surface area contributed by atoms with Gasteiger partial charge in [-0.25, -0.2) is 0 Å². The van der Waals surface area contributed by atoms with Gasteiger partial charge in [-0.2, -0.15) is 8.78 Å². The third-order valence-corrected chi connectivity index (χ3v) is 1.54. The molecule has 0 aliphatic rings. The molecule has 0 spiro atoms. The summed E-state index contributed by atoms with van der Waals surface area (Å²) in [5.41, 5.74) is -0.491. The molecular weight excluding hydrogens is 180 g/mol. The second-order valence-electron chi connectivity index (χ2n) is 2.44. The summed E-state index contributed by atoms with van der Waals surface area (Å²) in [7, 11) is 1.37. The molecule has 0 bridgehead atoms. The molecule has 1 heterocycles. The van der Waals surface area contributed by atoms with Crippen LogP contribution in [0.15, 0.2) is 18.3 Å². The number of aromatic nitrogens is 1. The van der Waals surface area contributed by atoms with Crippen molar-refractivity contribution < 1.29 is 18.6 Å². The van der Waals surface area contributed by atoms with Gasteiger partial charge >= 0.3 is 5.92 Å². The molecule has 5 heteroatoms. The van der Waals surface area contributed by atoms with Gasteiger partial charge in [0.1, 0.15) is 18.1 Å². The Morgan fingerprint density at radius 3 is 2.85 bits per heavy atom. The number of nitrogens with zero attached hydrogens (tertiary/aromatic N) is 1. The zero-order valence-corrected chi connectivity index (χ0v) is 7.00. The Bertz CT molecular complexity index is 291. The van der Waals surface area contributed by atoms with E-state index in [9.17, 15) is 8.78 Å². The van der Waals surface area contributed by atoms with Gasteiger partial charge in [0.15, 0.2) is 0 Å². The van der Waals surface area contributed by atoms with Crippen LogP contribution in [0.4, 0.5) is 8.78 Å². The average Bonchev–Trinajstić information content (AvgIpc) is 2.18. The molecule has 1 aromatic rings. The van der Waals surface area contributed by atoms with Crippen LogP contribution in [-0.4, -0.2) is 23.8 Å². The minimum absolute atomic E-state index is 0.290. The van der Waals surface area contributed by atoms with Crippen LogP contribution >= 0.6 is 0 Å². The minimum atomic E-state index is -3.31. The summed E-state index contributed by atoms with van der Waals surface area (Å²) >= 11 is 0. The summed E-state index contributed by atoms with van der Waals surface area (Å²) in [6.07, 6.45) is 1.21. The van der Waals surface area contributed by atoms with Crippen LogP contribution in [0, 0.1) is 0 Å². The van der Waals surface area contributed by atoms with E-state index in [-0.39, 0.29) is 5.75 Å². The highest BCUT2D eigenvalue weighted by Crippen LogP contribution is 2.27. The summed E-state index contributed by atoms with van der Waals surface area (Å²) in [6, 6.07) is 2.55. The Kier molecular flexibility index (Phi) is 2.77. The fourth-order valence-corrected chi connectivity index (χ4v) is 0.819. The van der Waals surface area contributed by atoms with Crippen molar-refractivity contribution in [2.75, 3.05) is 13.7 Å². The first kappa shape index (κ1) is 9.85. The maximum atomic E-state index is 12.8. The highest BCUT2D eigenvalue weighted by molar-refractivity contribution is 5.24. The number of aliphatic hydroxyl groups is 1. The Hall–Kier alpha value is -1.23. The lowest BCUT2D eigenvalue weighted by atomic mass is 10.2. The van der Waals surface area contributed by atoms with E-state index in [0.29, 0.717) is 0 Å². The third-order valence-electron chi connectivity index (χ3n) is 1.54. The van der Waals surface area contributed by atoms with Crippen molar-refractivity contribution in [1.82, 2.24) is 4.98 Å². The van der Waals surface area contributed by atoms with Gasteiger partial charge in [0.05, 0.1) is 7.11 Å². The number of methoxy groups -OCH3 is 1. The molecule has 1 rings (SSSR count). The fourth-order valence-electron chi connectivity index (χ4n) is 0.819. The summed E-state index contributed by atoms with van der Waals surface area (Å²) in [5, 5.41) is 8.38. The summed E-state index contributed by atoms with van der Waals surface area (Å²) < 4.78 is 30.4. The van der Waals surface area contributed by atoms with E-state index in [1.54, 1.807) is 0 Å². The van der Waals surface area contributed by atoms with Crippen molar-refractivity contribution in [1.29, 1.82) is 0 Å². The standard InChI is InChI=1S/C8H9F2NO2/c1-13-6-2-3-11-7(4-6)8(9,10)5-12/h2-4,12H,5H2,1H3. The molecule has 0 amide bonds. The smallest absolute Gasteiger partial charge is 0.312 e. The van der Waals surface area contributed by atoms with E-state index in [0.717, 1.165) is 6.07 Å². The van der Waals surface area contributed by atoms with Crippen LogP contribution < -0.4 is 4.74 Å². The molecule has 0 fully saturated rings. The number of aliphatic hydroxyl groups excluding tert-OH is 1. The molecule has 0 aliphatic heterocycles. The zero-order valence-electron chi connectivity index (χ0n) is 7.00. The lowest BCUT2D eigenvalue weighted by molar-refractivity contribution is -0.0593. The van der Waals surface area contributed by atoms with Gasteiger partial charge in [0.25, 0.3) is 0 Å². The van der Waals surface area contributed by atoms with Gasteiger partial charge in [-0.05, 0) is 6.07 Å². The molecule has 0 saturated heterocycles. The zero-order chi connectivity index (χ0) is 9.90. The van der Waals surface area contributed by atoms with Crippen LogP contribution in [0.2, 0.25) is 0 Å². The lowest BCUT2D eigenvalue weighted by Crippen LogP contribution is -2.19. The predicted octanol–water partition coefficient (Wildman–Crippen LogP) is 1.17. The van der Waals surface area contributed by atoms with E-state index in [2.05, 4.69) is 4.98 Å². The van der Waals surface area contributed by atoms with Crippen molar-refractivity contribution in [3.05, 3.63) is 24.0 Å². The molecule has 0 aliphatic carbocycles. The number of pyridine rings is 1. The van der Waals surface area contributed by atoms with Gasteiger partial charge < -0.3 is 9.84 Å². The highest BCUT2D eigenvalue weighted by atomic mass is 19.3. The van der Waals surface area contributed by atoms with Crippen LogP contribution in [0.5, 0.6) is 5.75 Å². The fraction of sp³-hybridized carbons (Fsp3) is 0.375.